The number of thiophene rings is 1. The molecular weight excluding hydrogens is 266 g/mol. The predicted molar refractivity (Wildman–Crippen MR) is 70.6 cm³/mol. The highest BCUT2D eigenvalue weighted by Crippen LogP contribution is 2.33. The van der Waals surface area contributed by atoms with Crippen molar-refractivity contribution in [3.8, 4) is 5.75 Å². The van der Waals surface area contributed by atoms with Crippen molar-refractivity contribution in [3.63, 3.8) is 0 Å². The van der Waals surface area contributed by atoms with E-state index in [0.717, 1.165) is 19.4 Å². The van der Waals surface area contributed by atoms with E-state index in [1.54, 1.807) is 7.11 Å². The summed E-state index contributed by atoms with van der Waals surface area (Å²) in [5.41, 5.74) is 0. The zero-order valence-electron chi connectivity index (χ0n) is 10.9. The third-order valence-electron chi connectivity index (χ3n) is 3.56. The lowest BCUT2D eigenvalue weighted by atomic mass is 10.0. The Kier molecular flexibility index (Phi) is 3.47. The van der Waals surface area contributed by atoms with Crippen LogP contribution in [0, 0.1) is 0 Å². The van der Waals surface area contributed by atoms with Crippen LogP contribution in [0.1, 0.15) is 22.5 Å². The second-order valence-corrected chi connectivity index (χ2v) is 5.67. The van der Waals surface area contributed by atoms with E-state index < -0.39 is 5.79 Å². The maximum atomic E-state index is 12.5. The Balaban J connectivity index is 1.76. The first-order valence-electron chi connectivity index (χ1n) is 6.43. The summed E-state index contributed by atoms with van der Waals surface area (Å²) in [6.07, 6.45) is 1.76. The van der Waals surface area contributed by atoms with Crippen molar-refractivity contribution < 1.29 is 19.0 Å². The summed E-state index contributed by atoms with van der Waals surface area (Å²) < 4.78 is 16.6. The summed E-state index contributed by atoms with van der Waals surface area (Å²) in [7, 11) is 1.58. The number of piperidine rings is 1. The Hall–Kier alpha value is -1.11. The molecule has 2 fully saturated rings. The number of likely N-dealkylation sites (tertiary alicyclic amines) is 1. The molecular formula is C13H17NO4S. The molecule has 19 heavy (non-hydrogen) atoms. The van der Waals surface area contributed by atoms with Crippen LogP contribution in [0.15, 0.2) is 11.4 Å². The molecule has 2 aliphatic rings. The minimum Gasteiger partial charge on any atom is -0.495 e. The first kappa shape index (κ1) is 12.9. The van der Waals surface area contributed by atoms with E-state index in [1.165, 1.54) is 11.3 Å². The lowest BCUT2D eigenvalue weighted by Gasteiger charge is -2.38. The maximum Gasteiger partial charge on any atom is 0.267 e. The van der Waals surface area contributed by atoms with Gasteiger partial charge >= 0.3 is 0 Å². The zero-order valence-corrected chi connectivity index (χ0v) is 11.7. The van der Waals surface area contributed by atoms with E-state index in [0.29, 0.717) is 30.4 Å². The lowest BCUT2D eigenvalue weighted by molar-refractivity contribution is -0.183. The molecule has 104 valence electrons. The molecule has 0 saturated carbocycles. The number of amides is 1. The van der Waals surface area contributed by atoms with Gasteiger partial charge in [0, 0.05) is 13.0 Å². The molecule has 1 aromatic heterocycles. The zero-order chi connectivity index (χ0) is 13.3. The number of methoxy groups -OCH3 is 1. The van der Waals surface area contributed by atoms with Gasteiger partial charge in [0.25, 0.3) is 5.91 Å². The van der Waals surface area contributed by atoms with Gasteiger partial charge in [-0.05, 0) is 17.9 Å². The SMILES string of the molecule is COc1ccsc1C(=O)N1CCCC2(C1)OCCO2. The summed E-state index contributed by atoms with van der Waals surface area (Å²) in [5, 5.41) is 1.87. The monoisotopic (exact) mass is 283 g/mol. The van der Waals surface area contributed by atoms with Gasteiger partial charge < -0.3 is 19.1 Å². The van der Waals surface area contributed by atoms with Crippen LogP contribution in [-0.2, 0) is 9.47 Å². The van der Waals surface area contributed by atoms with Crippen molar-refractivity contribution >= 4 is 17.2 Å². The molecule has 0 radical (unpaired) electrons. The molecule has 3 heterocycles. The fourth-order valence-corrected chi connectivity index (χ4v) is 3.48. The molecule has 0 aliphatic carbocycles. The fraction of sp³-hybridized carbons (Fsp3) is 0.615. The van der Waals surface area contributed by atoms with Crippen LogP contribution in [0.4, 0.5) is 0 Å². The molecule has 1 aromatic rings. The molecule has 5 nitrogen and oxygen atoms in total. The summed E-state index contributed by atoms with van der Waals surface area (Å²) in [6.45, 7) is 2.48. The number of hydrogen-bond acceptors (Lipinski definition) is 5. The summed E-state index contributed by atoms with van der Waals surface area (Å²) in [5.74, 6) is 0.0752. The molecule has 0 aromatic carbocycles. The predicted octanol–water partition coefficient (Wildman–Crippen LogP) is 1.74. The topological polar surface area (TPSA) is 48.0 Å². The molecule has 0 bridgehead atoms. The summed E-state index contributed by atoms with van der Waals surface area (Å²) in [4.78, 5) is 15.0. The van der Waals surface area contributed by atoms with Crippen LogP contribution in [0.3, 0.4) is 0 Å². The first-order valence-corrected chi connectivity index (χ1v) is 7.31. The van der Waals surface area contributed by atoms with Gasteiger partial charge in [0.15, 0.2) is 5.79 Å². The van der Waals surface area contributed by atoms with Crippen molar-refractivity contribution in [2.24, 2.45) is 0 Å². The number of hydrogen-bond donors (Lipinski definition) is 0. The van der Waals surface area contributed by atoms with E-state index in [2.05, 4.69) is 0 Å². The summed E-state index contributed by atoms with van der Waals surface area (Å²) in [6, 6.07) is 1.82. The molecule has 2 aliphatic heterocycles. The normalized spacial score (nSPS) is 21.8. The third-order valence-corrected chi connectivity index (χ3v) is 4.45. The highest BCUT2D eigenvalue weighted by Gasteiger charge is 2.42. The van der Waals surface area contributed by atoms with Crippen LogP contribution in [0.5, 0.6) is 5.75 Å². The van der Waals surface area contributed by atoms with Gasteiger partial charge in [0.2, 0.25) is 0 Å². The largest absolute Gasteiger partial charge is 0.495 e. The Bertz CT molecular complexity index is 467. The second kappa shape index (κ2) is 5.11. The van der Waals surface area contributed by atoms with Crippen molar-refractivity contribution in [3.05, 3.63) is 16.3 Å². The van der Waals surface area contributed by atoms with E-state index >= 15 is 0 Å². The van der Waals surface area contributed by atoms with E-state index in [9.17, 15) is 4.79 Å². The molecule has 2 saturated heterocycles. The number of nitrogens with zero attached hydrogens (tertiary/aromatic N) is 1. The van der Waals surface area contributed by atoms with Gasteiger partial charge in [0.05, 0.1) is 26.9 Å². The second-order valence-electron chi connectivity index (χ2n) is 4.76. The van der Waals surface area contributed by atoms with Gasteiger partial charge in [-0.15, -0.1) is 11.3 Å². The van der Waals surface area contributed by atoms with Crippen LogP contribution < -0.4 is 4.74 Å². The standard InChI is InChI=1S/C13H17NO4S/c1-16-10-3-8-19-11(10)12(15)14-5-2-4-13(9-14)17-6-7-18-13/h3,8H,2,4-7,9H2,1H3. The van der Waals surface area contributed by atoms with Gasteiger partial charge in [-0.1, -0.05) is 0 Å². The Morgan fingerprint density at radius 2 is 2.26 bits per heavy atom. The Morgan fingerprint density at radius 1 is 1.47 bits per heavy atom. The van der Waals surface area contributed by atoms with Crippen molar-refractivity contribution in [2.75, 3.05) is 33.4 Å². The molecule has 1 amide bonds. The molecule has 6 heteroatoms. The van der Waals surface area contributed by atoms with Gasteiger partial charge in [0.1, 0.15) is 10.6 Å². The molecule has 1 spiro atoms. The van der Waals surface area contributed by atoms with E-state index in [-0.39, 0.29) is 5.91 Å². The quantitative estimate of drug-likeness (QED) is 0.829. The third kappa shape index (κ3) is 2.35. The average molecular weight is 283 g/mol. The maximum absolute atomic E-state index is 12.5. The lowest BCUT2D eigenvalue weighted by Crippen LogP contribution is -2.50. The highest BCUT2D eigenvalue weighted by atomic mass is 32.1. The highest BCUT2D eigenvalue weighted by molar-refractivity contribution is 7.12. The fourth-order valence-electron chi connectivity index (χ4n) is 2.65. The molecule has 0 unspecified atom stereocenters. The number of carbonyl (C=O) groups is 1. The van der Waals surface area contributed by atoms with Crippen LogP contribution >= 0.6 is 11.3 Å². The number of carbonyl (C=O) groups excluding carboxylic acids is 1. The van der Waals surface area contributed by atoms with Crippen LogP contribution in [-0.4, -0.2) is 50.0 Å². The van der Waals surface area contributed by atoms with Crippen molar-refractivity contribution in [2.45, 2.75) is 18.6 Å². The van der Waals surface area contributed by atoms with E-state index in [1.807, 2.05) is 16.3 Å². The minimum atomic E-state index is -0.571. The average Bonchev–Trinajstić information content (AvgIpc) is 3.07. The van der Waals surface area contributed by atoms with Gasteiger partial charge in [-0.3, -0.25) is 4.79 Å². The molecule has 0 N–H and O–H groups in total. The first-order chi connectivity index (χ1) is 9.24. The Labute approximate surface area is 116 Å². The number of ether oxygens (including phenoxy) is 3. The summed E-state index contributed by atoms with van der Waals surface area (Å²) >= 11 is 1.41. The van der Waals surface area contributed by atoms with Crippen LogP contribution in [0.2, 0.25) is 0 Å². The van der Waals surface area contributed by atoms with Crippen LogP contribution in [0.25, 0.3) is 0 Å². The molecule has 0 atom stereocenters. The molecule has 3 rings (SSSR count). The van der Waals surface area contributed by atoms with Crippen molar-refractivity contribution in [1.82, 2.24) is 4.90 Å². The van der Waals surface area contributed by atoms with Crippen molar-refractivity contribution in [1.29, 1.82) is 0 Å². The van der Waals surface area contributed by atoms with E-state index in [4.69, 9.17) is 14.2 Å². The Morgan fingerprint density at radius 3 is 3.00 bits per heavy atom. The van der Waals surface area contributed by atoms with Gasteiger partial charge in [-0.25, -0.2) is 0 Å². The smallest absolute Gasteiger partial charge is 0.267 e. The minimum absolute atomic E-state index is 0.00465. The van der Waals surface area contributed by atoms with Gasteiger partial charge in [-0.2, -0.15) is 0 Å². The number of rotatable bonds is 2.